The molecule has 0 aliphatic carbocycles. The van der Waals surface area contributed by atoms with E-state index in [1.165, 1.54) is 12.1 Å². The van der Waals surface area contributed by atoms with Crippen molar-refractivity contribution in [2.24, 2.45) is 11.7 Å². The number of nitrogens with zero attached hydrogens (tertiary/aromatic N) is 2. The van der Waals surface area contributed by atoms with Gasteiger partial charge in [0.05, 0.1) is 6.04 Å². The Bertz CT molecular complexity index is 585. The summed E-state index contributed by atoms with van der Waals surface area (Å²) in [5, 5.41) is 2.98. The van der Waals surface area contributed by atoms with Gasteiger partial charge in [0.25, 0.3) is 0 Å². The molecule has 3 atom stereocenters. The van der Waals surface area contributed by atoms with Crippen LogP contribution in [0.25, 0.3) is 0 Å². The molecule has 1 aliphatic heterocycles. The minimum atomic E-state index is -0.285. The van der Waals surface area contributed by atoms with E-state index in [0.717, 1.165) is 44.0 Å². The molecule has 3 unspecified atom stereocenters. The van der Waals surface area contributed by atoms with Gasteiger partial charge in [-0.25, -0.2) is 4.39 Å². The smallest absolute Gasteiger partial charge is 0.224 e. The lowest BCUT2D eigenvalue weighted by atomic mass is 10.0. The molecule has 1 aromatic carbocycles. The largest absolute Gasteiger partial charge is 0.369 e. The van der Waals surface area contributed by atoms with Crippen molar-refractivity contribution in [1.82, 2.24) is 10.2 Å². The average molecular weight is 350 g/mol. The van der Waals surface area contributed by atoms with Crippen molar-refractivity contribution in [3.8, 4) is 0 Å². The number of benzene rings is 1. The normalized spacial score (nSPS) is 19.4. The first-order chi connectivity index (χ1) is 11.8. The summed E-state index contributed by atoms with van der Waals surface area (Å²) in [6.07, 6.45) is 0. The van der Waals surface area contributed by atoms with E-state index in [1.54, 1.807) is 0 Å². The molecule has 140 valence electrons. The van der Waals surface area contributed by atoms with Crippen molar-refractivity contribution in [3.63, 3.8) is 0 Å². The first-order valence-corrected chi connectivity index (χ1v) is 9.16. The molecule has 0 bridgehead atoms. The molecule has 6 heteroatoms. The number of nitrogens with one attached hydrogen (secondary N) is 1. The molecule has 1 saturated heterocycles. The standard InChI is InChI=1S/C19H31FN4O/c1-5-23-8-10-24(11-9-23)18-7-6-16(20)12-17(18)15(4)22-19(25)13(2)14(3)21/h6-7,12-15H,5,8-11,21H2,1-4H3,(H,22,25). The summed E-state index contributed by atoms with van der Waals surface area (Å²) in [6.45, 7) is 12.5. The average Bonchev–Trinajstić information content (AvgIpc) is 2.60. The maximum Gasteiger partial charge on any atom is 0.224 e. The highest BCUT2D eigenvalue weighted by Gasteiger charge is 2.24. The summed E-state index contributed by atoms with van der Waals surface area (Å²) in [4.78, 5) is 17.0. The number of carbonyl (C=O) groups excluding carboxylic acids is 1. The van der Waals surface area contributed by atoms with Gasteiger partial charge in [-0.2, -0.15) is 0 Å². The minimum Gasteiger partial charge on any atom is -0.369 e. The Balaban J connectivity index is 2.16. The van der Waals surface area contributed by atoms with Crippen molar-refractivity contribution in [3.05, 3.63) is 29.6 Å². The Kier molecular flexibility index (Phi) is 6.79. The Hall–Kier alpha value is -1.66. The number of likely N-dealkylation sites (N-methyl/N-ethyl adjacent to an activating group) is 1. The van der Waals surface area contributed by atoms with Crippen molar-refractivity contribution in [2.75, 3.05) is 37.6 Å². The second-order valence-corrected chi connectivity index (χ2v) is 7.00. The maximum atomic E-state index is 13.9. The van der Waals surface area contributed by atoms with E-state index in [2.05, 4.69) is 22.0 Å². The fourth-order valence-corrected chi connectivity index (χ4v) is 3.13. The predicted molar refractivity (Wildman–Crippen MR) is 100 cm³/mol. The number of halogens is 1. The Morgan fingerprint density at radius 2 is 1.88 bits per heavy atom. The molecule has 25 heavy (non-hydrogen) atoms. The third-order valence-corrected chi connectivity index (χ3v) is 5.18. The molecule has 1 heterocycles. The van der Waals surface area contributed by atoms with Crippen LogP contribution in [0.1, 0.15) is 39.3 Å². The highest BCUT2D eigenvalue weighted by molar-refractivity contribution is 5.79. The van der Waals surface area contributed by atoms with Crippen LogP contribution in [0.4, 0.5) is 10.1 Å². The summed E-state index contributed by atoms with van der Waals surface area (Å²) in [5.74, 6) is -0.673. The van der Waals surface area contributed by atoms with Crippen LogP contribution in [0.2, 0.25) is 0 Å². The lowest BCUT2D eigenvalue weighted by Gasteiger charge is -2.37. The fraction of sp³-hybridized carbons (Fsp3) is 0.632. The zero-order valence-electron chi connectivity index (χ0n) is 15.8. The van der Waals surface area contributed by atoms with E-state index in [4.69, 9.17) is 5.73 Å². The Labute approximate surface area is 150 Å². The van der Waals surface area contributed by atoms with Gasteiger partial charge in [0.2, 0.25) is 5.91 Å². The van der Waals surface area contributed by atoms with Crippen LogP contribution in [0.3, 0.4) is 0 Å². The SMILES string of the molecule is CCN1CCN(c2ccc(F)cc2C(C)NC(=O)C(C)C(C)N)CC1. The topological polar surface area (TPSA) is 61.6 Å². The summed E-state index contributed by atoms with van der Waals surface area (Å²) in [7, 11) is 0. The van der Waals surface area contributed by atoms with Crippen molar-refractivity contribution in [2.45, 2.75) is 39.8 Å². The third kappa shape index (κ3) is 4.92. The number of nitrogens with two attached hydrogens (primary N) is 1. The number of carbonyl (C=O) groups is 1. The van der Waals surface area contributed by atoms with Gasteiger partial charge in [-0.05, 0) is 38.6 Å². The zero-order chi connectivity index (χ0) is 18.6. The summed E-state index contributed by atoms with van der Waals surface area (Å²) < 4.78 is 13.9. The summed E-state index contributed by atoms with van der Waals surface area (Å²) in [6, 6.07) is 4.35. The van der Waals surface area contributed by atoms with Crippen LogP contribution in [0, 0.1) is 11.7 Å². The van der Waals surface area contributed by atoms with Gasteiger partial charge in [-0.3, -0.25) is 4.79 Å². The van der Waals surface area contributed by atoms with Gasteiger partial charge in [-0.15, -0.1) is 0 Å². The molecule has 0 radical (unpaired) electrons. The minimum absolute atomic E-state index is 0.103. The molecule has 1 fully saturated rings. The Morgan fingerprint density at radius 1 is 1.24 bits per heavy atom. The first-order valence-electron chi connectivity index (χ1n) is 9.16. The molecule has 1 aromatic rings. The molecule has 0 saturated carbocycles. The van der Waals surface area contributed by atoms with E-state index < -0.39 is 0 Å². The molecular formula is C19H31FN4O. The highest BCUT2D eigenvalue weighted by atomic mass is 19.1. The van der Waals surface area contributed by atoms with Gasteiger partial charge >= 0.3 is 0 Å². The Morgan fingerprint density at radius 3 is 2.44 bits per heavy atom. The second kappa shape index (κ2) is 8.63. The lowest BCUT2D eigenvalue weighted by Crippen LogP contribution is -2.46. The van der Waals surface area contributed by atoms with Gasteiger partial charge in [-0.1, -0.05) is 13.8 Å². The molecule has 1 amide bonds. The molecular weight excluding hydrogens is 319 g/mol. The highest BCUT2D eigenvalue weighted by Crippen LogP contribution is 2.28. The molecule has 2 rings (SSSR count). The third-order valence-electron chi connectivity index (χ3n) is 5.18. The van der Waals surface area contributed by atoms with E-state index in [0.29, 0.717) is 0 Å². The summed E-state index contributed by atoms with van der Waals surface area (Å²) in [5.41, 5.74) is 7.63. The molecule has 3 N–H and O–H groups in total. The van der Waals surface area contributed by atoms with Crippen molar-refractivity contribution >= 4 is 11.6 Å². The zero-order valence-corrected chi connectivity index (χ0v) is 15.8. The quantitative estimate of drug-likeness (QED) is 0.825. The first kappa shape index (κ1) is 19.7. The van der Waals surface area contributed by atoms with Crippen LogP contribution in [0.5, 0.6) is 0 Å². The summed E-state index contributed by atoms with van der Waals surface area (Å²) >= 11 is 0. The predicted octanol–water partition coefficient (Wildman–Crippen LogP) is 2.13. The molecule has 0 aromatic heterocycles. The number of amides is 1. The maximum absolute atomic E-state index is 13.9. The molecule has 5 nitrogen and oxygen atoms in total. The number of hydrogen-bond donors (Lipinski definition) is 2. The van der Waals surface area contributed by atoms with Crippen LogP contribution in [-0.2, 0) is 4.79 Å². The lowest BCUT2D eigenvalue weighted by molar-refractivity contribution is -0.125. The number of hydrogen-bond acceptors (Lipinski definition) is 4. The number of piperazine rings is 1. The van der Waals surface area contributed by atoms with Crippen LogP contribution in [-0.4, -0.2) is 49.6 Å². The molecule has 1 aliphatic rings. The second-order valence-electron chi connectivity index (χ2n) is 7.00. The van der Waals surface area contributed by atoms with E-state index in [9.17, 15) is 9.18 Å². The van der Waals surface area contributed by atoms with Crippen molar-refractivity contribution in [1.29, 1.82) is 0 Å². The van der Waals surface area contributed by atoms with Gasteiger partial charge < -0.3 is 20.9 Å². The monoisotopic (exact) mass is 350 g/mol. The van der Waals surface area contributed by atoms with E-state index >= 15 is 0 Å². The van der Waals surface area contributed by atoms with Crippen LogP contribution >= 0.6 is 0 Å². The fourth-order valence-electron chi connectivity index (χ4n) is 3.13. The van der Waals surface area contributed by atoms with Crippen LogP contribution < -0.4 is 16.0 Å². The van der Waals surface area contributed by atoms with Gasteiger partial charge in [0, 0.05) is 49.4 Å². The number of rotatable bonds is 6. The van der Waals surface area contributed by atoms with E-state index in [1.807, 2.05) is 26.8 Å². The van der Waals surface area contributed by atoms with Gasteiger partial charge in [0.15, 0.2) is 0 Å². The molecule has 0 spiro atoms. The van der Waals surface area contributed by atoms with Crippen molar-refractivity contribution < 1.29 is 9.18 Å². The van der Waals surface area contributed by atoms with E-state index in [-0.39, 0.29) is 29.7 Å². The number of anilines is 1. The van der Waals surface area contributed by atoms with Crippen LogP contribution in [0.15, 0.2) is 18.2 Å². The van der Waals surface area contributed by atoms with Gasteiger partial charge in [0.1, 0.15) is 5.82 Å².